The Morgan fingerprint density at radius 1 is 1.43 bits per heavy atom. The van der Waals surface area contributed by atoms with E-state index in [1.807, 2.05) is 0 Å². The van der Waals surface area contributed by atoms with Gasteiger partial charge in [0.15, 0.2) is 0 Å². The number of alkyl halides is 1. The van der Waals surface area contributed by atoms with Crippen LogP contribution in [0, 0.1) is 0 Å². The lowest BCUT2D eigenvalue weighted by Gasteiger charge is -2.20. The summed E-state index contributed by atoms with van der Waals surface area (Å²) in [5.74, 6) is -2.70. The van der Waals surface area contributed by atoms with Gasteiger partial charge < -0.3 is 10.3 Å². The lowest BCUT2D eigenvalue weighted by atomic mass is 9.89. The van der Waals surface area contributed by atoms with Crippen molar-refractivity contribution >= 4 is 12.0 Å². The number of benzene rings is 1. The highest BCUT2D eigenvalue weighted by Crippen LogP contribution is 2.24. The molecule has 21 heavy (non-hydrogen) atoms. The number of rotatable bonds is 5. The van der Waals surface area contributed by atoms with E-state index in [1.54, 1.807) is 6.92 Å². The Kier molecular flexibility index (Phi) is 8.18. The topological polar surface area (TPSA) is 55.5 Å². The van der Waals surface area contributed by atoms with Crippen molar-refractivity contribution in [3.63, 3.8) is 0 Å². The van der Waals surface area contributed by atoms with Gasteiger partial charge in [-0.25, -0.2) is 4.39 Å². The van der Waals surface area contributed by atoms with Crippen molar-refractivity contribution in [2.75, 3.05) is 5.75 Å². The van der Waals surface area contributed by atoms with Crippen LogP contribution in [0.25, 0.3) is 0 Å². The van der Waals surface area contributed by atoms with Crippen molar-refractivity contribution in [3.8, 4) is 0 Å². The second-order valence-electron chi connectivity index (χ2n) is 5.26. The van der Waals surface area contributed by atoms with Crippen molar-refractivity contribution in [1.82, 2.24) is 0 Å². The summed E-state index contributed by atoms with van der Waals surface area (Å²) < 4.78 is 32.3. The largest absolute Gasteiger partial charge is 0.330 e. The molecule has 1 aliphatic rings. The molecule has 2 atom stereocenters. The predicted molar refractivity (Wildman–Crippen MR) is 82.5 cm³/mol. The molecule has 0 aromatic heterocycles. The van der Waals surface area contributed by atoms with Gasteiger partial charge in [0.2, 0.25) is 0 Å². The molecular weight excluding hydrogens is 296 g/mol. The monoisotopic (exact) mass is 319 g/mol. The fourth-order valence-corrected chi connectivity index (χ4v) is 2.71. The SMILES string of the molecule is CCCC(F)(CSO)OF.NC1CCc2ccccc2C1. The molecule has 0 radical (unpaired) electrons. The Morgan fingerprint density at radius 2 is 2.10 bits per heavy atom. The summed E-state index contributed by atoms with van der Waals surface area (Å²) in [6.07, 6.45) is 3.81. The maximum Gasteiger partial charge on any atom is 0.257 e. The molecule has 0 bridgehead atoms. The Morgan fingerprint density at radius 3 is 2.67 bits per heavy atom. The van der Waals surface area contributed by atoms with Crippen molar-refractivity contribution in [1.29, 1.82) is 0 Å². The Hall–Kier alpha value is -0.690. The number of aryl methyl sites for hydroxylation is 1. The minimum Gasteiger partial charge on any atom is -0.330 e. The van der Waals surface area contributed by atoms with Crippen LogP contribution in [0.15, 0.2) is 24.3 Å². The van der Waals surface area contributed by atoms with Crippen LogP contribution in [0.1, 0.15) is 37.3 Å². The smallest absolute Gasteiger partial charge is 0.257 e. The summed E-state index contributed by atoms with van der Waals surface area (Å²) in [6, 6.07) is 8.99. The first kappa shape index (κ1) is 18.4. The van der Waals surface area contributed by atoms with Gasteiger partial charge in [-0.15, -0.1) is 0 Å². The number of fused-ring (bicyclic) bond motifs is 1. The number of halogens is 2. The minimum atomic E-state index is -2.31. The van der Waals surface area contributed by atoms with Gasteiger partial charge in [-0.05, 0) is 47.0 Å². The highest BCUT2D eigenvalue weighted by atomic mass is 32.2. The van der Waals surface area contributed by atoms with Gasteiger partial charge in [0.25, 0.3) is 5.85 Å². The van der Waals surface area contributed by atoms with Gasteiger partial charge in [0, 0.05) is 12.5 Å². The van der Waals surface area contributed by atoms with E-state index in [4.69, 9.17) is 10.3 Å². The van der Waals surface area contributed by atoms with Crippen LogP contribution in [0.2, 0.25) is 0 Å². The lowest BCUT2D eigenvalue weighted by Crippen LogP contribution is -2.27. The van der Waals surface area contributed by atoms with Crippen LogP contribution in [0.5, 0.6) is 0 Å². The summed E-state index contributed by atoms with van der Waals surface area (Å²) in [7, 11) is 0. The van der Waals surface area contributed by atoms with E-state index in [-0.39, 0.29) is 18.5 Å². The molecule has 6 heteroatoms. The maximum atomic E-state index is 12.7. The molecule has 0 spiro atoms. The third-order valence-corrected chi connectivity index (χ3v) is 3.99. The van der Waals surface area contributed by atoms with Crippen LogP contribution in [0.3, 0.4) is 0 Å². The highest BCUT2D eigenvalue weighted by molar-refractivity contribution is 7.93. The van der Waals surface area contributed by atoms with Crippen LogP contribution in [-0.2, 0) is 17.8 Å². The number of hydrogen-bond donors (Lipinski definition) is 2. The molecule has 0 saturated carbocycles. The molecule has 0 heterocycles. The van der Waals surface area contributed by atoms with E-state index in [1.165, 1.54) is 11.1 Å². The molecule has 2 unspecified atom stereocenters. The van der Waals surface area contributed by atoms with Crippen molar-refractivity contribution < 1.29 is 18.4 Å². The molecule has 120 valence electrons. The quantitative estimate of drug-likeness (QED) is 0.804. The Bertz CT molecular complexity index is 414. The van der Waals surface area contributed by atoms with Crippen molar-refractivity contribution in [3.05, 3.63) is 35.4 Å². The summed E-state index contributed by atoms with van der Waals surface area (Å²) in [4.78, 5) is 3.07. The summed E-state index contributed by atoms with van der Waals surface area (Å²) in [5, 5.41) is 0. The van der Waals surface area contributed by atoms with Gasteiger partial charge in [0.05, 0.1) is 5.75 Å². The fourth-order valence-electron chi connectivity index (χ4n) is 2.33. The molecule has 0 aliphatic heterocycles. The Labute approximate surface area is 129 Å². The van der Waals surface area contributed by atoms with Gasteiger partial charge in [0.1, 0.15) is 0 Å². The van der Waals surface area contributed by atoms with Crippen LogP contribution < -0.4 is 5.73 Å². The average Bonchev–Trinajstić information content (AvgIpc) is 2.48. The molecule has 3 nitrogen and oxygen atoms in total. The van der Waals surface area contributed by atoms with Gasteiger partial charge in [-0.2, -0.15) is 4.94 Å². The first-order chi connectivity index (χ1) is 10.0. The van der Waals surface area contributed by atoms with Crippen LogP contribution in [0.4, 0.5) is 8.92 Å². The van der Waals surface area contributed by atoms with Gasteiger partial charge in [-0.1, -0.05) is 37.6 Å². The molecule has 1 aliphatic carbocycles. The second kappa shape index (κ2) is 9.35. The van der Waals surface area contributed by atoms with Crippen LogP contribution in [-0.4, -0.2) is 22.2 Å². The lowest BCUT2D eigenvalue weighted by molar-refractivity contribution is -0.284. The van der Waals surface area contributed by atoms with E-state index in [9.17, 15) is 8.92 Å². The molecule has 2 rings (SSSR count). The summed E-state index contributed by atoms with van der Waals surface area (Å²) >= 11 is 0.233. The standard InChI is InChI=1S/C10H13N.C5H10F2O2S/c11-10-6-5-8-3-1-2-4-9(8)7-10;1-2-3-5(6,9-7)4-10-8/h1-4,10H,5-7,11H2;8H,2-4H2,1H3. The normalized spacial score (nSPS) is 20.0. The van der Waals surface area contributed by atoms with Gasteiger partial charge in [-0.3, -0.25) is 0 Å². The van der Waals surface area contributed by atoms with E-state index in [0.29, 0.717) is 12.5 Å². The molecular formula is C15H23F2NO2S. The molecule has 0 saturated heterocycles. The summed E-state index contributed by atoms with van der Waals surface area (Å²) in [6.45, 7) is 1.70. The minimum absolute atomic E-state index is 0.0446. The van der Waals surface area contributed by atoms with Crippen molar-refractivity contribution in [2.45, 2.75) is 50.9 Å². The third kappa shape index (κ3) is 6.30. The zero-order valence-electron chi connectivity index (χ0n) is 12.2. The molecule has 1 aromatic rings. The zero-order valence-corrected chi connectivity index (χ0v) is 13.0. The van der Waals surface area contributed by atoms with Gasteiger partial charge >= 0.3 is 0 Å². The van der Waals surface area contributed by atoms with E-state index >= 15 is 0 Å². The Balaban J connectivity index is 0.000000212. The molecule has 0 amide bonds. The first-order valence-corrected chi connectivity index (χ1v) is 8.06. The summed E-state index contributed by atoms with van der Waals surface area (Å²) in [5.41, 5.74) is 8.79. The number of nitrogens with two attached hydrogens (primary N) is 1. The van der Waals surface area contributed by atoms with Crippen molar-refractivity contribution in [2.24, 2.45) is 5.73 Å². The van der Waals surface area contributed by atoms with E-state index < -0.39 is 11.6 Å². The van der Waals surface area contributed by atoms with E-state index in [2.05, 4.69) is 29.2 Å². The number of hydrogen-bond acceptors (Lipinski definition) is 4. The molecule has 3 N–H and O–H groups in total. The first-order valence-electron chi connectivity index (χ1n) is 7.12. The average molecular weight is 319 g/mol. The molecule has 1 aromatic carbocycles. The molecule has 0 fully saturated rings. The highest BCUT2D eigenvalue weighted by Gasteiger charge is 2.31. The second-order valence-corrected chi connectivity index (χ2v) is 5.80. The maximum absolute atomic E-state index is 12.7. The third-order valence-electron chi connectivity index (χ3n) is 3.43. The zero-order chi connectivity index (χ0) is 15.7. The van der Waals surface area contributed by atoms with Crippen LogP contribution >= 0.6 is 12.0 Å². The van der Waals surface area contributed by atoms with E-state index in [0.717, 1.165) is 19.3 Å². The predicted octanol–water partition coefficient (Wildman–Crippen LogP) is 4.06. The fraction of sp³-hybridized carbons (Fsp3) is 0.600.